The monoisotopic (exact) mass is 549 g/mol. The van der Waals surface area contributed by atoms with Crippen LogP contribution in [0.1, 0.15) is 30.4 Å². The van der Waals surface area contributed by atoms with Crippen molar-refractivity contribution in [2.45, 2.75) is 38.0 Å². The SMILES string of the molecule is COC(=O)CC[C@H]1CN(Cc2cccc(OC)c2OC)CC[C@H]1N1CCN(c2cccc(C(F)(F)F)c2)CC1. The van der Waals surface area contributed by atoms with Crippen molar-refractivity contribution in [3.63, 3.8) is 0 Å². The van der Waals surface area contributed by atoms with Gasteiger partial charge in [0.15, 0.2) is 11.5 Å². The van der Waals surface area contributed by atoms with Crippen LogP contribution in [0, 0.1) is 5.92 Å². The number of alkyl halides is 3. The standard InChI is InChI=1S/C29H38F3N3O4/c1-37-26-9-4-6-22(28(26)39-3)20-33-13-12-25(21(19-33)10-11-27(36)38-2)35-16-14-34(15-17-35)24-8-5-7-23(18-24)29(30,31)32/h4-9,18,21,25H,10-17,19-20H2,1-3H3/t21-,25+/m0/s1. The van der Waals surface area contributed by atoms with Crippen LogP contribution in [-0.2, 0) is 22.3 Å². The van der Waals surface area contributed by atoms with Crippen molar-refractivity contribution < 1.29 is 32.2 Å². The zero-order valence-electron chi connectivity index (χ0n) is 22.9. The Kier molecular flexibility index (Phi) is 9.61. The number of rotatable bonds is 9. The Balaban J connectivity index is 1.42. The van der Waals surface area contributed by atoms with E-state index in [4.69, 9.17) is 14.2 Å². The summed E-state index contributed by atoms with van der Waals surface area (Å²) in [5, 5.41) is 0. The summed E-state index contributed by atoms with van der Waals surface area (Å²) in [6, 6.07) is 11.7. The molecule has 0 saturated carbocycles. The third-order valence-electron chi connectivity index (χ3n) is 7.93. The molecule has 2 fully saturated rings. The number of para-hydroxylation sites is 1. The molecule has 0 aliphatic carbocycles. The quantitative estimate of drug-likeness (QED) is 0.421. The van der Waals surface area contributed by atoms with E-state index in [9.17, 15) is 18.0 Å². The van der Waals surface area contributed by atoms with Gasteiger partial charge in [-0.2, -0.15) is 13.2 Å². The first-order valence-corrected chi connectivity index (χ1v) is 13.4. The lowest BCUT2D eigenvalue weighted by Crippen LogP contribution is -2.56. The summed E-state index contributed by atoms with van der Waals surface area (Å²) in [7, 11) is 4.68. The van der Waals surface area contributed by atoms with E-state index in [1.165, 1.54) is 19.2 Å². The molecular formula is C29H38F3N3O4. The second-order valence-electron chi connectivity index (χ2n) is 10.2. The Morgan fingerprint density at radius 2 is 1.72 bits per heavy atom. The van der Waals surface area contributed by atoms with Crippen molar-refractivity contribution in [1.82, 2.24) is 9.80 Å². The molecule has 0 amide bonds. The molecule has 0 spiro atoms. The lowest BCUT2D eigenvalue weighted by Gasteiger charge is -2.47. The van der Waals surface area contributed by atoms with Crippen LogP contribution < -0.4 is 14.4 Å². The molecule has 4 rings (SSSR count). The number of carbonyl (C=O) groups excluding carboxylic acids is 1. The van der Waals surface area contributed by atoms with Gasteiger partial charge in [0.05, 0.1) is 26.9 Å². The Morgan fingerprint density at radius 1 is 0.974 bits per heavy atom. The van der Waals surface area contributed by atoms with E-state index in [1.807, 2.05) is 23.1 Å². The van der Waals surface area contributed by atoms with Crippen molar-refractivity contribution in [2.75, 3.05) is 65.5 Å². The molecule has 2 aromatic rings. The minimum atomic E-state index is -4.35. The summed E-state index contributed by atoms with van der Waals surface area (Å²) < 4.78 is 55.6. The van der Waals surface area contributed by atoms with E-state index in [-0.39, 0.29) is 11.9 Å². The molecule has 0 radical (unpaired) electrons. The molecule has 0 bridgehead atoms. The molecule has 0 N–H and O–H groups in total. The number of anilines is 1. The van der Waals surface area contributed by atoms with Gasteiger partial charge in [0.1, 0.15) is 0 Å². The topological polar surface area (TPSA) is 54.5 Å². The maximum absolute atomic E-state index is 13.2. The number of hydrogen-bond acceptors (Lipinski definition) is 7. The van der Waals surface area contributed by atoms with Crippen molar-refractivity contribution in [1.29, 1.82) is 0 Å². The first-order valence-electron chi connectivity index (χ1n) is 13.4. The fraction of sp³-hybridized carbons (Fsp3) is 0.552. The van der Waals surface area contributed by atoms with E-state index in [0.717, 1.165) is 56.4 Å². The summed E-state index contributed by atoms with van der Waals surface area (Å²) in [4.78, 5) is 18.9. The fourth-order valence-electron chi connectivity index (χ4n) is 5.92. The smallest absolute Gasteiger partial charge is 0.416 e. The zero-order chi connectivity index (χ0) is 28.0. The molecule has 2 atom stereocenters. The van der Waals surface area contributed by atoms with Gasteiger partial charge in [-0.1, -0.05) is 18.2 Å². The number of likely N-dealkylation sites (tertiary alicyclic amines) is 1. The number of nitrogens with zero attached hydrogens (tertiary/aromatic N) is 3. The van der Waals surface area contributed by atoms with Gasteiger partial charge in [0.2, 0.25) is 0 Å². The highest BCUT2D eigenvalue weighted by Crippen LogP contribution is 2.35. The minimum absolute atomic E-state index is 0.213. The molecule has 214 valence electrons. The van der Waals surface area contributed by atoms with Crippen LogP contribution in [0.2, 0.25) is 0 Å². The fourth-order valence-corrected chi connectivity index (χ4v) is 5.92. The number of piperidine rings is 1. The second kappa shape index (κ2) is 12.9. The predicted molar refractivity (Wildman–Crippen MR) is 143 cm³/mol. The molecule has 2 aromatic carbocycles. The highest BCUT2D eigenvalue weighted by Gasteiger charge is 2.36. The number of piperazine rings is 1. The Hall–Kier alpha value is -2.98. The van der Waals surface area contributed by atoms with Crippen molar-refractivity contribution in [3.05, 3.63) is 53.6 Å². The third-order valence-corrected chi connectivity index (χ3v) is 7.93. The number of benzene rings is 2. The molecular weight excluding hydrogens is 511 g/mol. The van der Waals surface area contributed by atoms with Gasteiger partial charge >= 0.3 is 12.1 Å². The molecule has 2 aliphatic rings. The number of hydrogen-bond donors (Lipinski definition) is 0. The van der Waals surface area contributed by atoms with Crippen molar-refractivity contribution in [2.24, 2.45) is 5.92 Å². The van der Waals surface area contributed by atoms with Crippen LogP contribution in [0.3, 0.4) is 0 Å². The van der Waals surface area contributed by atoms with E-state index in [1.54, 1.807) is 20.3 Å². The molecule has 7 nitrogen and oxygen atoms in total. The van der Waals surface area contributed by atoms with Gasteiger partial charge in [-0.05, 0) is 49.6 Å². The van der Waals surface area contributed by atoms with Crippen molar-refractivity contribution in [3.8, 4) is 11.5 Å². The average molecular weight is 550 g/mol. The van der Waals surface area contributed by atoms with Gasteiger partial charge in [0, 0.05) is 63.0 Å². The molecule has 0 unspecified atom stereocenters. The summed E-state index contributed by atoms with van der Waals surface area (Å²) >= 11 is 0. The van der Waals surface area contributed by atoms with Gasteiger partial charge in [-0.3, -0.25) is 14.6 Å². The van der Waals surface area contributed by atoms with Crippen molar-refractivity contribution >= 4 is 11.7 Å². The minimum Gasteiger partial charge on any atom is -0.493 e. The molecule has 2 saturated heterocycles. The lowest BCUT2D eigenvalue weighted by atomic mass is 9.86. The normalized spacial score (nSPS) is 21.0. The number of esters is 1. The lowest BCUT2D eigenvalue weighted by molar-refractivity contribution is -0.141. The first kappa shape index (κ1) is 29.0. The van der Waals surface area contributed by atoms with Crippen LogP contribution >= 0.6 is 0 Å². The molecule has 0 aromatic heterocycles. The van der Waals surface area contributed by atoms with E-state index < -0.39 is 11.7 Å². The summed E-state index contributed by atoms with van der Waals surface area (Å²) in [5.74, 6) is 1.48. The van der Waals surface area contributed by atoms with Crippen LogP contribution in [0.15, 0.2) is 42.5 Å². The van der Waals surface area contributed by atoms with Crippen LogP contribution in [0.5, 0.6) is 11.5 Å². The molecule has 10 heteroatoms. The van der Waals surface area contributed by atoms with Crippen LogP contribution in [0.4, 0.5) is 18.9 Å². The largest absolute Gasteiger partial charge is 0.493 e. The van der Waals surface area contributed by atoms with Gasteiger partial charge < -0.3 is 19.1 Å². The molecule has 2 aliphatic heterocycles. The van der Waals surface area contributed by atoms with Gasteiger partial charge in [-0.15, -0.1) is 0 Å². The average Bonchev–Trinajstić information content (AvgIpc) is 2.95. The van der Waals surface area contributed by atoms with Crippen LogP contribution in [0.25, 0.3) is 0 Å². The summed E-state index contributed by atoms with van der Waals surface area (Å²) in [5.41, 5.74) is 1.04. The highest BCUT2D eigenvalue weighted by atomic mass is 19.4. The van der Waals surface area contributed by atoms with E-state index in [0.29, 0.717) is 43.5 Å². The number of halogens is 3. The highest BCUT2D eigenvalue weighted by molar-refractivity contribution is 5.69. The molecule has 39 heavy (non-hydrogen) atoms. The Bertz CT molecular complexity index is 1110. The van der Waals surface area contributed by atoms with E-state index in [2.05, 4.69) is 9.80 Å². The second-order valence-corrected chi connectivity index (χ2v) is 10.2. The van der Waals surface area contributed by atoms with E-state index >= 15 is 0 Å². The predicted octanol–water partition coefficient (Wildman–Crippen LogP) is 4.69. The number of methoxy groups -OCH3 is 3. The summed E-state index contributed by atoms with van der Waals surface area (Å²) in [6.45, 7) is 5.28. The number of carbonyl (C=O) groups is 1. The first-order chi connectivity index (χ1) is 18.7. The zero-order valence-corrected chi connectivity index (χ0v) is 22.9. The number of ether oxygens (including phenoxy) is 3. The third kappa shape index (κ3) is 7.16. The maximum Gasteiger partial charge on any atom is 0.416 e. The van der Waals surface area contributed by atoms with Gasteiger partial charge in [-0.25, -0.2) is 0 Å². The Labute approximate surface area is 228 Å². The molecule has 2 heterocycles. The maximum atomic E-state index is 13.2. The van der Waals surface area contributed by atoms with Crippen LogP contribution in [-0.4, -0.2) is 82.4 Å². The Morgan fingerprint density at radius 3 is 2.38 bits per heavy atom. The summed E-state index contributed by atoms with van der Waals surface area (Å²) in [6.07, 6.45) is -2.33. The van der Waals surface area contributed by atoms with Gasteiger partial charge in [0.25, 0.3) is 0 Å².